The van der Waals surface area contributed by atoms with Gasteiger partial charge < -0.3 is 20.1 Å². The molecular weight excluding hydrogens is 270 g/mol. The van der Waals surface area contributed by atoms with Crippen molar-refractivity contribution in [1.29, 1.82) is 0 Å². The van der Waals surface area contributed by atoms with Crippen molar-refractivity contribution in [2.24, 2.45) is 0 Å². The van der Waals surface area contributed by atoms with Crippen molar-refractivity contribution in [3.8, 4) is 0 Å². The van der Waals surface area contributed by atoms with Crippen LogP contribution in [0.25, 0.3) is 0 Å². The first-order valence-corrected chi connectivity index (χ1v) is 8.00. The summed E-state index contributed by atoms with van der Waals surface area (Å²) in [5.74, 6) is 0.0503. The average Bonchev–Trinajstić information content (AvgIpc) is 2.99. The molecule has 0 aromatic heterocycles. The highest BCUT2D eigenvalue weighted by Crippen LogP contribution is 2.15. The molecule has 0 aromatic rings. The van der Waals surface area contributed by atoms with Gasteiger partial charge >= 0.3 is 0 Å². The van der Waals surface area contributed by atoms with Gasteiger partial charge in [0, 0.05) is 38.3 Å². The number of carbonyl (C=O) groups excluding carboxylic acids is 1. The maximum Gasteiger partial charge on any atom is 0.234 e. The summed E-state index contributed by atoms with van der Waals surface area (Å²) in [6.07, 6.45) is 2.51. The van der Waals surface area contributed by atoms with Crippen molar-refractivity contribution in [1.82, 2.24) is 15.5 Å². The van der Waals surface area contributed by atoms with E-state index in [1.807, 2.05) is 0 Å². The van der Waals surface area contributed by atoms with E-state index in [0.29, 0.717) is 13.1 Å². The minimum atomic E-state index is -0.0337. The molecule has 2 saturated heterocycles. The second-order valence-electron chi connectivity index (χ2n) is 6.45. The molecule has 1 unspecified atom stereocenters. The predicted octanol–water partition coefficient (Wildman–Crippen LogP) is -0.0180. The van der Waals surface area contributed by atoms with Crippen LogP contribution >= 0.6 is 0 Å². The molecule has 6 nitrogen and oxygen atoms in total. The summed E-state index contributed by atoms with van der Waals surface area (Å²) in [5.41, 5.74) is -0.0337. The zero-order valence-electron chi connectivity index (χ0n) is 13.3. The van der Waals surface area contributed by atoms with E-state index in [1.165, 1.54) is 0 Å². The molecule has 2 rings (SSSR count). The van der Waals surface area contributed by atoms with Crippen LogP contribution in [0.2, 0.25) is 0 Å². The Bertz CT molecular complexity index is 324. The number of hydrogen-bond donors (Lipinski definition) is 2. The summed E-state index contributed by atoms with van der Waals surface area (Å²) in [7, 11) is 0. The topological polar surface area (TPSA) is 62.8 Å². The third-order valence-electron chi connectivity index (χ3n) is 4.27. The number of ether oxygens (including phenoxy) is 2. The fourth-order valence-electron chi connectivity index (χ4n) is 2.81. The largest absolute Gasteiger partial charge is 0.379 e. The molecule has 0 radical (unpaired) electrons. The van der Waals surface area contributed by atoms with Crippen molar-refractivity contribution in [2.45, 2.75) is 38.3 Å². The van der Waals surface area contributed by atoms with E-state index < -0.39 is 0 Å². The van der Waals surface area contributed by atoms with Crippen LogP contribution in [0.1, 0.15) is 26.7 Å². The van der Waals surface area contributed by atoms with Crippen molar-refractivity contribution < 1.29 is 14.3 Å². The van der Waals surface area contributed by atoms with Crippen LogP contribution in [0.4, 0.5) is 0 Å². The molecule has 21 heavy (non-hydrogen) atoms. The number of hydrogen-bond acceptors (Lipinski definition) is 5. The summed E-state index contributed by atoms with van der Waals surface area (Å²) in [6, 6.07) is 0. The second-order valence-corrected chi connectivity index (χ2v) is 6.45. The highest BCUT2D eigenvalue weighted by Gasteiger charge is 2.28. The molecule has 0 bridgehead atoms. The minimum absolute atomic E-state index is 0.0337. The van der Waals surface area contributed by atoms with Gasteiger partial charge in [0.25, 0.3) is 0 Å². The standard InChI is InChI=1S/C15H29N3O3/c1-15(2,18-5-8-20-9-6-18)12-17-14(19)11-16-10-13-4-3-7-21-13/h13,16H,3-12H2,1-2H3,(H,17,19). The number of amides is 1. The van der Waals surface area contributed by atoms with E-state index in [9.17, 15) is 4.79 Å². The van der Waals surface area contributed by atoms with Gasteiger partial charge in [-0.1, -0.05) is 0 Å². The molecule has 6 heteroatoms. The van der Waals surface area contributed by atoms with Gasteiger partial charge in [0.15, 0.2) is 0 Å². The Hall–Kier alpha value is -0.690. The van der Waals surface area contributed by atoms with Crippen molar-refractivity contribution in [3.05, 3.63) is 0 Å². The van der Waals surface area contributed by atoms with Gasteiger partial charge in [-0.2, -0.15) is 0 Å². The van der Waals surface area contributed by atoms with Crippen LogP contribution in [0.15, 0.2) is 0 Å². The zero-order chi connectivity index (χ0) is 15.1. The molecule has 1 amide bonds. The average molecular weight is 299 g/mol. The molecule has 2 aliphatic rings. The Morgan fingerprint density at radius 3 is 2.71 bits per heavy atom. The van der Waals surface area contributed by atoms with Crippen LogP contribution in [0, 0.1) is 0 Å². The highest BCUT2D eigenvalue weighted by atomic mass is 16.5. The molecule has 0 aromatic carbocycles. The van der Waals surface area contributed by atoms with Crippen molar-refractivity contribution in [3.63, 3.8) is 0 Å². The molecular formula is C15H29N3O3. The van der Waals surface area contributed by atoms with Gasteiger partial charge in [-0.05, 0) is 26.7 Å². The van der Waals surface area contributed by atoms with E-state index in [1.54, 1.807) is 0 Å². The molecule has 0 saturated carbocycles. The molecule has 1 atom stereocenters. The van der Waals surface area contributed by atoms with E-state index in [4.69, 9.17) is 9.47 Å². The molecule has 2 aliphatic heterocycles. The normalized spacial score (nSPS) is 24.2. The molecule has 2 heterocycles. The number of carbonyl (C=O) groups is 1. The maximum absolute atomic E-state index is 11.9. The summed E-state index contributed by atoms with van der Waals surface area (Å²) >= 11 is 0. The third-order valence-corrected chi connectivity index (χ3v) is 4.27. The van der Waals surface area contributed by atoms with Gasteiger partial charge in [0.1, 0.15) is 0 Å². The van der Waals surface area contributed by atoms with Crippen molar-refractivity contribution in [2.75, 3.05) is 52.5 Å². The monoisotopic (exact) mass is 299 g/mol. The van der Waals surface area contributed by atoms with Gasteiger partial charge in [-0.15, -0.1) is 0 Å². The molecule has 0 spiro atoms. The van der Waals surface area contributed by atoms with E-state index in [2.05, 4.69) is 29.4 Å². The van der Waals surface area contributed by atoms with Crippen molar-refractivity contribution >= 4 is 5.91 Å². The number of morpholine rings is 1. The number of nitrogens with one attached hydrogen (secondary N) is 2. The van der Waals surface area contributed by atoms with Crippen LogP contribution in [-0.4, -0.2) is 75.0 Å². The fourth-order valence-corrected chi connectivity index (χ4v) is 2.81. The fraction of sp³-hybridized carbons (Fsp3) is 0.933. The van der Waals surface area contributed by atoms with E-state index >= 15 is 0 Å². The van der Waals surface area contributed by atoms with Crippen LogP contribution in [-0.2, 0) is 14.3 Å². The Balaban J connectivity index is 1.60. The Labute approximate surface area is 127 Å². The first kappa shape index (κ1) is 16.7. The zero-order valence-corrected chi connectivity index (χ0v) is 13.3. The lowest BCUT2D eigenvalue weighted by Crippen LogP contribution is -2.56. The first-order valence-electron chi connectivity index (χ1n) is 8.00. The number of nitrogens with zero attached hydrogens (tertiary/aromatic N) is 1. The third kappa shape index (κ3) is 5.54. The van der Waals surface area contributed by atoms with Gasteiger partial charge in [-0.25, -0.2) is 0 Å². The minimum Gasteiger partial charge on any atom is -0.379 e. The Morgan fingerprint density at radius 2 is 2.05 bits per heavy atom. The van der Waals surface area contributed by atoms with Crippen LogP contribution < -0.4 is 10.6 Å². The SMILES string of the molecule is CC(C)(CNC(=O)CNCC1CCCO1)N1CCOCC1. The molecule has 122 valence electrons. The second kappa shape index (κ2) is 8.08. The quantitative estimate of drug-likeness (QED) is 0.692. The molecule has 0 aliphatic carbocycles. The summed E-state index contributed by atoms with van der Waals surface area (Å²) in [6.45, 7) is 10.4. The summed E-state index contributed by atoms with van der Waals surface area (Å²) in [5, 5.41) is 6.19. The lowest BCUT2D eigenvalue weighted by molar-refractivity contribution is -0.121. The van der Waals surface area contributed by atoms with E-state index in [0.717, 1.165) is 52.3 Å². The molecule has 2 fully saturated rings. The Morgan fingerprint density at radius 1 is 1.29 bits per heavy atom. The Kier molecular flexibility index (Phi) is 6.41. The lowest BCUT2D eigenvalue weighted by atomic mass is 10.0. The summed E-state index contributed by atoms with van der Waals surface area (Å²) < 4.78 is 10.9. The lowest BCUT2D eigenvalue weighted by Gasteiger charge is -2.40. The van der Waals surface area contributed by atoms with Crippen LogP contribution in [0.5, 0.6) is 0 Å². The molecule has 2 N–H and O–H groups in total. The number of rotatable bonds is 7. The highest BCUT2D eigenvalue weighted by molar-refractivity contribution is 5.78. The first-order chi connectivity index (χ1) is 10.1. The smallest absolute Gasteiger partial charge is 0.234 e. The maximum atomic E-state index is 11.9. The van der Waals surface area contributed by atoms with Gasteiger partial charge in [0.05, 0.1) is 25.9 Å². The van der Waals surface area contributed by atoms with E-state index in [-0.39, 0.29) is 17.6 Å². The van der Waals surface area contributed by atoms with Crippen LogP contribution in [0.3, 0.4) is 0 Å². The van der Waals surface area contributed by atoms with Gasteiger partial charge in [-0.3, -0.25) is 9.69 Å². The van der Waals surface area contributed by atoms with Gasteiger partial charge in [0.2, 0.25) is 5.91 Å². The predicted molar refractivity (Wildman–Crippen MR) is 81.3 cm³/mol. The summed E-state index contributed by atoms with van der Waals surface area (Å²) in [4.78, 5) is 14.3.